The van der Waals surface area contributed by atoms with Gasteiger partial charge in [0.2, 0.25) is 0 Å². The van der Waals surface area contributed by atoms with Crippen LogP contribution in [0.1, 0.15) is 67.2 Å². The molecule has 0 bridgehead atoms. The van der Waals surface area contributed by atoms with E-state index in [1.54, 1.807) is 11.6 Å². The minimum atomic E-state index is 0.906. The first kappa shape index (κ1) is 17.9. The highest BCUT2D eigenvalue weighted by Crippen LogP contribution is 2.37. The molecule has 1 aliphatic rings. The SMILES string of the molecule is C/C=C1/CCCC1C(C)CC.C=CC.CC. The van der Waals surface area contributed by atoms with Crippen LogP contribution in [0.25, 0.3) is 0 Å². The van der Waals surface area contributed by atoms with Crippen molar-refractivity contribution in [3.8, 4) is 0 Å². The highest BCUT2D eigenvalue weighted by molar-refractivity contribution is 5.11. The summed E-state index contributed by atoms with van der Waals surface area (Å²) in [5, 5.41) is 0. The molecule has 1 aliphatic carbocycles. The Morgan fingerprint density at radius 2 is 1.88 bits per heavy atom. The van der Waals surface area contributed by atoms with Gasteiger partial charge in [-0.15, -0.1) is 6.58 Å². The van der Waals surface area contributed by atoms with Crippen LogP contribution in [-0.2, 0) is 0 Å². The van der Waals surface area contributed by atoms with Crippen molar-refractivity contribution in [1.29, 1.82) is 0 Å². The van der Waals surface area contributed by atoms with Crippen LogP contribution in [0.15, 0.2) is 24.3 Å². The molecule has 0 radical (unpaired) electrons. The van der Waals surface area contributed by atoms with Gasteiger partial charge < -0.3 is 0 Å². The van der Waals surface area contributed by atoms with Crippen molar-refractivity contribution in [2.75, 3.05) is 0 Å². The maximum atomic E-state index is 3.36. The second-order valence-corrected chi connectivity index (χ2v) is 4.16. The van der Waals surface area contributed by atoms with E-state index in [-0.39, 0.29) is 0 Å². The zero-order valence-electron chi connectivity index (χ0n) is 12.3. The van der Waals surface area contributed by atoms with Gasteiger partial charge in [0.05, 0.1) is 0 Å². The molecular formula is C16H32. The highest BCUT2D eigenvalue weighted by atomic mass is 14.3. The fourth-order valence-corrected chi connectivity index (χ4v) is 2.19. The molecule has 0 heterocycles. The fraction of sp³-hybridized carbons (Fsp3) is 0.750. The summed E-state index contributed by atoms with van der Waals surface area (Å²) in [5.74, 6) is 1.83. The Hall–Kier alpha value is -0.520. The van der Waals surface area contributed by atoms with E-state index in [9.17, 15) is 0 Å². The molecule has 1 saturated carbocycles. The summed E-state index contributed by atoms with van der Waals surface area (Å²) in [5.41, 5.74) is 1.72. The van der Waals surface area contributed by atoms with Gasteiger partial charge in [0.1, 0.15) is 0 Å². The van der Waals surface area contributed by atoms with Gasteiger partial charge in [0.25, 0.3) is 0 Å². The van der Waals surface area contributed by atoms with Gasteiger partial charge >= 0.3 is 0 Å². The van der Waals surface area contributed by atoms with E-state index in [1.807, 2.05) is 20.8 Å². The van der Waals surface area contributed by atoms with Crippen LogP contribution >= 0.6 is 0 Å². The molecule has 0 aromatic carbocycles. The number of rotatable bonds is 2. The molecule has 96 valence electrons. The summed E-state index contributed by atoms with van der Waals surface area (Å²) in [7, 11) is 0. The van der Waals surface area contributed by atoms with Crippen molar-refractivity contribution in [1.82, 2.24) is 0 Å². The minimum Gasteiger partial charge on any atom is -0.103 e. The van der Waals surface area contributed by atoms with Crippen LogP contribution in [0, 0.1) is 11.8 Å². The molecule has 0 spiro atoms. The Kier molecular flexibility index (Phi) is 14.0. The summed E-state index contributed by atoms with van der Waals surface area (Å²) in [6.07, 6.45) is 9.65. The Labute approximate surface area is 104 Å². The summed E-state index contributed by atoms with van der Waals surface area (Å²) in [6, 6.07) is 0. The van der Waals surface area contributed by atoms with Crippen molar-refractivity contribution in [2.24, 2.45) is 11.8 Å². The molecule has 0 aromatic rings. The van der Waals surface area contributed by atoms with Crippen molar-refractivity contribution in [3.63, 3.8) is 0 Å². The predicted molar refractivity (Wildman–Crippen MR) is 77.8 cm³/mol. The average molecular weight is 224 g/mol. The summed E-state index contributed by atoms with van der Waals surface area (Å²) in [4.78, 5) is 0. The van der Waals surface area contributed by atoms with Gasteiger partial charge in [-0.25, -0.2) is 0 Å². The van der Waals surface area contributed by atoms with E-state index in [2.05, 4.69) is 33.4 Å². The monoisotopic (exact) mass is 224 g/mol. The molecule has 1 fully saturated rings. The first-order valence-electron chi connectivity index (χ1n) is 6.93. The molecule has 2 atom stereocenters. The summed E-state index contributed by atoms with van der Waals surface area (Å²) < 4.78 is 0. The molecular weight excluding hydrogens is 192 g/mol. The molecule has 0 aliphatic heterocycles. The predicted octanol–water partition coefficient (Wildman–Crippen LogP) is 6.00. The lowest BCUT2D eigenvalue weighted by Crippen LogP contribution is -2.08. The van der Waals surface area contributed by atoms with Gasteiger partial charge in [0.15, 0.2) is 0 Å². The van der Waals surface area contributed by atoms with Crippen molar-refractivity contribution in [2.45, 2.75) is 67.2 Å². The number of allylic oxidation sites excluding steroid dienone is 3. The number of hydrogen-bond acceptors (Lipinski definition) is 0. The molecule has 0 heteroatoms. The smallest absolute Gasteiger partial charge is 0.0178 e. The lowest BCUT2D eigenvalue weighted by atomic mass is 9.87. The van der Waals surface area contributed by atoms with E-state index in [4.69, 9.17) is 0 Å². The molecule has 1 rings (SSSR count). The first-order chi connectivity index (χ1) is 7.71. The second-order valence-electron chi connectivity index (χ2n) is 4.16. The lowest BCUT2D eigenvalue weighted by Gasteiger charge is -2.18. The third-order valence-electron chi connectivity index (χ3n) is 3.16. The first-order valence-corrected chi connectivity index (χ1v) is 6.93. The maximum absolute atomic E-state index is 3.36. The zero-order chi connectivity index (χ0) is 13.0. The number of hydrogen-bond donors (Lipinski definition) is 0. The van der Waals surface area contributed by atoms with Gasteiger partial charge in [0, 0.05) is 0 Å². The van der Waals surface area contributed by atoms with Gasteiger partial charge in [-0.05, 0) is 44.9 Å². The highest BCUT2D eigenvalue weighted by Gasteiger charge is 2.23. The Morgan fingerprint density at radius 3 is 2.25 bits per heavy atom. The summed E-state index contributed by atoms with van der Waals surface area (Å²) in [6.45, 7) is 16.1. The van der Waals surface area contributed by atoms with Gasteiger partial charge in [-0.2, -0.15) is 0 Å². The van der Waals surface area contributed by atoms with E-state index in [0.29, 0.717) is 0 Å². The van der Waals surface area contributed by atoms with E-state index >= 15 is 0 Å². The Bertz CT molecular complexity index is 176. The average Bonchev–Trinajstić information content (AvgIpc) is 2.80. The second kappa shape index (κ2) is 12.5. The third kappa shape index (κ3) is 6.87. The summed E-state index contributed by atoms with van der Waals surface area (Å²) >= 11 is 0. The normalized spacial score (nSPS) is 22.6. The van der Waals surface area contributed by atoms with Crippen LogP contribution in [0.2, 0.25) is 0 Å². The van der Waals surface area contributed by atoms with Crippen molar-refractivity contribution < 1.29 is 0 Å². The van der Waals surface area contributed by atoms with Crippen LogP contribution < -0.4 is 0 Å². The van der Waals surface area contributed by atoms with Gasteiger partial charge in [-0.1, -0.05) is 51.8 Å². The maximum Gasteiger partial charge on any atom is -0.0178 e. The molecule has 2 unspecified atom stereocenters. The lowest BCUT2D eigenvalue weighted by molar-refractivity contribution is 0.405. The molecule has 0 N–H and O–H groups in total. The molecule has 0 aromatic heterocycles. The van der Waals surface area contributed by atoms with E-state index < -0.39 is 0 Å². The van der Waals surface area contributed by atoms with Crippen molar-refractivity contribution in [3.05, 3.63) is 24.3 Å². The van der Waals surface area contributed by atoms with Crippen LogP contribution in [0.5, 0.6) is 0 Å². The molecule has 16 heavy (non-hydrogen) atoms. The quantitative estimate of drug-likeness (QED) is 0.505. The fourth-order valence-electron chi connectivity index (χ4n) is 2.19. The van der Waals surface area contributed by atoms with E-state index in [1.165, 1.54) is 25.7 Å². The molecule has 0 amide bonds. The van der Waals surface area contributed by atoms with Gasteiger partial charge in [-0.3, -0.25) is 0 Å². The minimum absolute atomic E-state index is 0.906. The van der Waals surface area contributed by atoms with E-state index in [0.717, 1.165) is 11.8 Å². The molecule has 0 nitrogen and oxygen atoms in total. The van der Waals surface area contributed by atoms with Crippen LogP contribution in [-0.4, -0.2) is 0 Å². The third-order valence-corrected chi connectivity index (χ3v) is 3.16. The molecule has 0 saturated heterocycles. The largest absolute Gasteiger partial charge is 0.103 e. The Morgan fingerprint density at radius 1 is 1.38 bits per heavy atom. The van der Waals surface area contributed by atoms with Crippen LogP contribution in [0.3, 0.4) is 0 Å². The van der Waals surface area contributed by atoms with Crippen molar-refractivity contribution >= 4 is 0 Å². The van der Waals surface area contributed by atoms with Crippen LogP contribution in [0.4, 0.5) is 0 Å². The zero-order valence-corrected chi connectivity index (χ0v) is 12.3. The Balaban J connectivity index is 0. The topological polar surface area (TPSA) is 0 Å². The standard InChI is InChI=1S/C11H20.C3H6.C2H6/c1-4-9(3)11-8-6-7-10(11)5-2;1-3-2;1-2/h5,9,11H,4,6-8H2,1-3H3;3H,1H2,2H3;1-2H3/b10-5-;;.